The number of aliphatic hydroxyl groups is 1. The van der Waals surface area contributed by atoms with Crippen LogP contribution in [0.25, 0.3) is 0 Å². The zero-order valence-electron chi connectivity index (χ0n) is 12.3. The maximum Gasteiger partial charge on any atom is 0.0474 e. The van der Waals surface area contributed by atoms with Crippen molar-refractivity contribution < 1.29 is 5.11 Å². The highest BCUT2D eigenvalue weighted by Gasteiger charge is 2.31. The predicted molar refractivity (Wildman–Crippen MR) is 77.6 cm³/mol. The maximum absolute atomic E-state index is 9.47. The molecule has 3 nitrogen and oxygen atoms in total. The van der Waals surface area contributed by atoms with Crippen LogP contribution in [0.4, 0.5) is 0 Å². The lowest BCUT2D eigenvalue weighted by molar-refractivity contribution is 0.128. The van der Waals surface area contributed by atoms with Crippen molar-refractivity contribution in [2.24, 2.45) is 11.7 Å². The highest BCUT2D eigenvalue weighted by Crippen LogP contribution is 2.26. The SMILES string of the molecule is CCCCCC(C)(CN)NC1CCCCC1CO. The monoisotopic (exact) mass is 256 g/mol. The summed E-state index contributed by atoms with van der Waals surface area (Å²) in [6.45, 7) is 5.47. The van der Waals surface area contributed by atoms with E-state index in [-0.39, 0.29) is 5.54 Å². The molecule has 0 saturated heterocycles. The van der Waals surface area contributed by atoms with Gasteiger partial charge in [-0.15, -0.1) is 0 Å². The number of hydrogen-bond acceptors (Lipinski definition) is 3. The van der Waals surface area contributed by atoms with Crippen LogP contribution in [0.1, 0.15) is 65.2 Å². The summed E-state index contributed by atoms with van der Waals surface area (Å²) < 4.78 is 0. The van der Waals surface area contributed by atoms with Gasteiger partial charge in [-0.05, 0) is 32.1 Å². The minimum absolute atomic E-state index is 0.0462. The summed E-state index contributed by atoms with van der Waals surface area (Å²) in [6, 6.07) is 0.457. The summed E-state index contributed by atoms with van der Waals surface area (Å²) in [5.41, 5.74) is 6.01. The molecule has 108 valence electrons. The van der Waals surface area contributed by atoms with Crippen LogP contribution in [-0.4, -0.2) is 29.8 Å². The minimum atomic E-state index is 0.0462. The Kier molecular flexibility index (Phi) is 7.20. The number of nitrogens with two attached hydrogens (primary N) is 1. The molecule has 0 spiro atoms. The van der Waals surface area contributed by atoms with E-state index in [1.807, 2.05) is 0 Å². The van der Waals surface area contributed by atoms with Gasteiger partial charge in [-0.25, -0.2) is 0 Å². The standard InChI is InChI=1S/C15H32N2O/c1-3-4-7-10-15(2,12-16)17-14-9-6-5-8-13(14)11-18/h13-14,17-18H,3-12,16H2,1-2H3. The minimum Gasteiger partial charge on any atom is -0.396 e. The summed E-state index contributed by atoms with van der Waals surface area (Å²) >= 11 is 0. The van der Waals surface area contributed by atoms with Crippen molar-refractivity contribution in [1.29, 1.82) is 0 Å². The second kappa shape index (κ2) is 8.13. The van der Waals surface area contributed by atoms with Crippen molar-refractivity contribution >= 4 is 0 Å². The lowest BCUT2D eigenvalue weighted by Gasteiger charge is -2.39. The second-order valence-corrected chi connectivity index (χ2v) is 6.20. The summed E-state index contributed by atoms with van der Waals surface area (Å²) in [5, 5.41) is 13.2. The van der Waals surface area contributed by atoms with E-state index >= 15 is 0 Å². The van der Waals surface area contributed by atoms with Crippen molar-refractivity contribution in [2.45, 2.75) is 76.8 Å². The highest BCUT2D eigenvalue weighted by molar-refractivity contribution is 4.91. The van der Waals surface area contributed by atoms with Crippen molar-refractivity contribution in [3.63, 3.8) is 0 Å². The Morgan fingerprint density at radius 1 is 1.28 bits per heavy atom. The molecule has 3 heteroatoms. The second-order valence-electron chi connectivity index (χ2n) is 6.20. The zero-order valence-corrected chi connectivity index (χ0v) is 12.3. The molecular formula is C15H32N2O. The van der Waals surface area contributed by atoms with Gasteiger partial charge in [-0.1, -0.05) is 39.0 Å². The molecule has 0 aromatic heterocycles. The molecule has 0 radical (unpaired) electrons. The number of hydrogen-bond donors (Lipinski definition) is 3. The first-order valence-electron chi connectivity index (χ1n) is 7.74. The normalized spacial score (nSPS) is 28.0. The van der Waals surface area contributed by atoms with Gasteiger partial charge in [0.2, 0.25) is 0 Å². The number of aliphatic hydroxyl groups excluding tert-OH is 1. The molecule has 0 heterocycles. The molecule has 1 aliphatic carbocycles. The van der Waals surface area contributed by atoms with Crippen LogP contribution >= 0.6 is 0 Å². The summed E-state index contributed by atoms with van der Waals surface area (Å²) in [7, 11) is 0. The third kappa shape index (κ3) is 4.87. The predicted octanol–water partition coefficient (Wildman–Crippen LogP) is 2.42. The first-order chi connectivity index (χ1) is 8.65. The van der Waals surface area contributed by atoms with E-state index in [4.69, 9.17) is 5.73 Å². The molecule has 0 bridgehead atoms. The molecule has 0 aliphatic heterocycles. The van der Waals surface area contributed by atoms with Crippen molar-refractivity contribution in [1.82, 2.24) is 5.32 Å². The van der Waals surface area contributed by atoms with Gasteiger partial charge >= 0.3 is 0 Å². The Bertz CT molecular complexity index is 223. The van der Waals surface area contributed by atoms with Crippen LogP contribution < -0.4 is 11.1 Å². The quantitative estimate of drug-likeness (QED) is 0.585. The van der Waals surface area contributed by atoms with E-state index in [9.17, 15) is 5.11 Å². The Morgan fingerprint density at radius 2 is 2.00 bits per heavy atom. The van der Waals surface area contributed by atoms with Gasteiger partial charge < -0.3 is 16.2 Å². The fourth-order valence-corrected chi connectivity index (χ4v) is 3.06. The Labute approximate surface area is 113 Å². The van der Waals surface area contributed by atoms with Crippen LogP contribution in [0.5, 0.6) is 0 Å². The van der Waals surface area contributed by atoms with Gasteiger partial charge in [0.05, 0.1) is 0 Å². The molecule has 1 aliphatic rings. The third-order valence-electron chi connectivity index (χ3n) is 4.46. The molecule has 4 N–H and O–H groups in total. The molecule has 1 saturated carbocycles. The summed E-state index contributed by atoms with van der Waals surface area (Å²) in [6.07, 6.45) is 9.81. The molecule has 3 atom stereocenters. The molecule has 18 heavy (non-hydrogen) atoms. The molecule has 0 aromatic carbocycles. The first kappa shape index (κ1) is 15.9. The van der Waals surface area contributed by atoms with Crippen LogP contribution in [0.2, 0.25) is 0 Å². The Balaban J connectivity index is 2.48. The average molecular weight is 256 g/mol. The lowest BCUT2D eigenvalue weighted by atomic mass is 9.82. The molecule has 1 fully saturated rings. The number of nitrogens with one attached hydrogen (secondary N) is 1. The van der Waals surface area contributed by atoms with E-state index < -0.39 is 0 Å². The van der Waals surface area contributed by atoms with E-state index in [0.29, 0.717) is 25.1 Å². The van der Waals surface area contributed by atoms with E-state index in [1.54, 1.807) is 0 Å². The van der Waals surface area contributed by atoms with Crippen molar-refractivity contribution in [3.05, 3.63) is 0 Å². The Morgan fingerprint density at radius 3 is 2.61 bits per heavy atom. The lowest BCUT2D eigenvalue weighted by Crippen LogP contribution is -2.56. The van der Waals surface area contributed by atoms with Gasteiger partial charge in [0.15, 0.2) is 0 Å². The van der Waals surface area contributed by atoms with Crippen molar-refractivity contribution in [2.75, 3.05) is 13.2 Å². The van der Waals surface area contributed by atoms with E-state index in [0.717, 1.165) is 12.8 Å². The van der Waals surface area contributed by atoms with E-state index in [2.05, 4.69) is 19.2 Å². The number of rotatable bonds is 8. The average Bonchev–Trinajstić information content (AvgIpc) is 2.40. The van der Waals surface area contributed by atoms with Crippen molar-refractivity contribution in [3.8, 4) is 0 Å². The topological polar surface area (TPSA) is 58.3 Å². The first-order valence-corrected chi connectivity index (χ1v) is 7.74. The Hall–Kier alpha value is -0.120. The molecule has 0 amide bonds. The van der Waals surface area contributed by atoms with Crippen LogP contribution in [0, 0.1) is 5.92 Å². The highest BCUT2D eigenvalue weighted by atomic mass is 16.3. The summed E-state index contributed by atoms with van der Waals surface area (Å²) in [4.78, 5) is 0. The fraction of sp³-hybridized carbons (Fsp3) is 1.00. The van der Waals surface area contributed by atoms with Crippen LogP contribution in [0.15, 0.2) is 0 Å². The smallest absolute Gasteiger partial charge is 0.0474 e. The van der Waals surface area contributed by atoms with Crippen LogP contribution in [-0.2, 0) is 0 Å². The zero-order chi connectivity index (χ0) is 13.4. The van der Waals surface area contributed by atoms with Gasteiger partial charge in [0, 0.05) is 24.7 Å². The van der Waals surface area contributed by atoms with Gasteiger partial charge in [-0.3, -0.25) is 0 Å². The summed E-state index contributed by atoms with van der Waals surface area (Å²) in [5.74, 6) is 0.427. The molecule has 1 rings (SSSR count). The van der Waals surface area contributed by atoms with Crippen LogP contribution in [0.3, 0.4) is 0 Å². The largest absolute Gasteiger partial charge is 0.396 e. The van der Waals surface area contributed by atoms with Gasteiger partial charge in [-0.2, -0.15) is 0 Å². The van der Waals surface area contributed by atoms with E-state index in [1.165, 1.54) is 38.5 Å². The van der Waals surface area contributed by atoms with Gasteiger partial charge in [0.1, 0.15) is 0 Å². The van der Waals surface area contributed by atoms with Gasteiger partial charge in [0.25, 0.3) is 0 Å². The third-order valence-corrected chi connectivity index (χ3v) is 4.46. The molecule has 3 unspecified atom stereocenters. The fourth-order valence-electron chi connectivity index (χ4n) is 3.06. The molecule has 0 aromatic rings. The molecular weight excluding hydrogens is 224 g/mol. The maximum atomic E-state index is 9.47. The number of unbranched alkanes of at least 4 members (excludes halogenated alkanes) is 2.